The molecule has 0 aliphatic heterocycles. The van der Waals surface area contributed by atoms with Crippen LogP contribution in [0.5, 0.6) is 0 Å². The Morgan fingerprint density at radius 2 is 1.69 bits per heavy atom. The van der Waals surface area contributed by atoms with E-state index in [-0.39, 0.29) is 0 Å². The van der Waals surface area contributed by atoms with Crippen LogP contribution in [-0.4, -0.2) is 15.4 Å². The lowest BCUT2D eigenvalue weighted by molar-refractivity contribution is 0.387. The molecule has 0 saturated carbocycles. The smallest absolute Gasteiger partial charge is 0.192 e. The summed E-state index contributed by atoms with van der Waals surface area (Å²) in [5, 5.41) is 0. The molecule has 0 amide bonds. The fraction of sp³-hybridized carbons (Fsp3) is 0.818. The lowest BCUT2D eigenvalue weighted by Gasteiger charge is -2.28. The van der Waals surface area contributed by atoms with Gasteiger partial charge in [-0.1, -0.05) is 32.8 Å². The summed E-state index contributed by atoms with van der Waals surface area (Å²) in [6.07, 6.45) is 5.67. The van der Waals surface area contributed by atoms with E-state index in [0.717, 1.165) is 6.42 Å². The summed E-state index contributed by atoms with van der Waals surface area (Å²) in [5.74, 6) is 0. The van der Waals surface area contributed by atoms with Crippen molar-refractivity contribution in [2.24, 2.45) is 0 Å². The van der Waals surface area contributed by atoms with Crippen LogP contribution in [0.15, 0.2) is 12.7 Å². The predicted molar refractivity (Wildman–Crippen MR) is 62.6 cm³/mol. The maximum absolute atomic E-state index is 5.81. The third-order valence-electron chi connectivity index (χ3n) is 2.65. The standard InChI is InChI=1S/C11H24OSi/c1-5-8-11-13(12-4,9-6-2)10-7-3/h5H,1,6-11H2,2-4H3. The minimum atomic E-state index is -1.36. The summed E-state index contributed by atoms with van der Waals surface area (Å²) >= 11 is 0. The maximum atomic E-state index is 5.81. The van der Waals surface area contributed by atoms with Gasteiger partial charge in [0, 0.05) is 7.11 Å². The Balaban J connectivity index is 4.15. The van der Waals surface area contributed by atoms with Gasteiger partial charge in [-0.05, 0) is 24.6 Å². The van der Waals surface area contributed by atoms with Gasteiger partial charge in [0.15, 0.2) is 8.32 Å². The van der Waals surface area contributed by atoms with E-state index in [1.54, 1.807) is 0 Å². The highest BCUT2D eigenvalue weighted by Crippen LogP contribution is 2.26. The molecule has 0 spiro atoms. The van der Waals surface area contributed by atoms with E-state index >= 15 is 0 Å². The SMILES string of the molecule is C=CCC[Si](CCC)(CCC)OC. The van der Waals surface area contributed by atoms with Crippen molar-refractivity contribution in [3.05, 3.63) is 12.7 Å². The average molecular weight is 200 g/mol. The molecule has 0 fully saturated rings. The zero-order valence-electron chi connectivity index (χ0n) is 9.44. The van der Waals surface area contributed by atoms with E-state index in [2.05, 4.69) is 20.4 Å². The Labute approximate surface area is 84.3 Å². The molecule has 0 N–H and O–H groups in total. The summed E-state index contributed by atoms with van der Waals surface area (Å²) in [5.41, 5.74) is 0. The highest BCUT2D eigenvalue weighted by atomic mass is 28.4. The Kier molecular flexibility index (Phi) is 7.29. The molecule has 0 heterocycles. The van der Waals surface area contributed by atoms with Gasteiger partial charge < -0.3 is 4.43 Å². The second kappa shape index (κ2) is 7.33. The zero-order chi connectivity index (χ0) is 10.2. The van der Waals surface area contributed by atoms with Crippen LogP contribution >= 0.6 is 0 Å². The monoisotopic (exact) mass is 200 g/mol. The van der Waals surface area contributed by atoms with Gasteiger partial charge >= 0.3 is 0 Å². The van der Waals surface area contributed by atoms with Crippen molar-refractivity contribution < 1.29 is 4.43 Å². The molecule has 0 saturated heterocycles. The first-order chi connectivity index (χ1) is 6.24. The van der Waals surface area contributed by atoms with Crippen LogP contribution in [0.25, 0.3) is 0 Å². The van der Waals surface area contributed by atoms with Gasteiger partial charge in [0.2, 0.25) is 0 Å². The van der Waals surface area contributed by atoms with Crippen LogP contribution in [-0.2, 0) is 4.43 Å². The van der Waals surface area contributed by atoms with Gasteiger partial charge in [0.25, 0.3) is 0 Å². The normalized spacial score (nSPS) is 11.6. The van der Waals surface area contributed by atoms with E-state index in [9.17, 15) is 0 Å². The first-order valence-corrected chi connectivity index (χ1v) is 7.93. The molecule has 0 aromatic rings. The molecule has 0 aromatic carbocycles. The van der Waals surface area contributed by atoms with Gasteiger partial charge in [0.1, 0.15) is 0 Å². The molecular formula is C11H24OSi. The Bertz CT molecular complexity index is 128. The largest absolute Gasteiger partial charge is 0.420 e. The topological polar surface area (TPSA) is 9.23 Å². The second-order valence-electron chi connectivity index (χ2n) is 3.71. The molecule has 0 radical (unpaired) electrons. The Morgan fingerprint density at radius 1 is 1.15 bits per heavy atom. The highest BCUT2D eigenvalue weighted by molar-refractivity contribution is 6.73. The Hall–Kier alpha value is -0.0831. The Morgan fingerprint density at radius 3 is 2.00 bits per heavy atom. The van der Waals surface area contributed by atoms with Crippen molar-refractivity contribution in [3.63, 3.8) is 0 Å². The molecule has 0 aromatic heterocycles. The molecule has 0 rings (SSSR count). The van der Waals surface area contributed by atoms with Crippen molar-refractivity contribution in [1.29, 1.82) is 0 Å². The van der Waals surface area contributed by atoms with Crippen LogP contribution in [0.4, 0.5) is 0 Å². The number of allylic oxidation sites excluding steroid dienone is 1. The third-order valence-corrected chi connectivity index (χ3v) is 7.54. The molecule has 13 heavy (non-hydrogen) atoms. The van der Waals surface area contributed by atoms with Crippen molar-refractivity contribution in [2.45, 2.75) is 51.2 Å². The fourth-order valence-corrected chi connectivity index (χ4v) is 5.87. The second-order valence-corrected chi connectivity index (χ2v) is 7.99. The average Bonchev–Trinajstić information content (AvgIpc) is 2.15. The summed E-state index contributed by atoms with van der Waals surface area (Å²) in [6, 6.07) is 3.88. The fourth-order valence-electron chi connectivity index (χ4n) is 1.96. The molecule has 0 atom stereocenters. The van der Waals surface area contributed by atoms with Gasteiger partial charge in [-0.3, -0.25) is 0 Å². The van der Waals surface area contributed by atoms with Gasteiger partial charge in [-0.15, -0.1) is 6.58 Å². The van der Waals surface area contributed by atoms with E-state index in [0.29, 0.717) is 0 Å². The molecule has 0 bridgehead atoms. The quantitative estimate of drug-likeness (QED) is 0.425. The van der Waals surface area contributed by atoms with Gasteiger partial charge in [0.05, 0.1) is 0 Å². The van der Waals surface area contributed by atoms with Crippen LogP contribution in [0.3, 0.4) is 0 Å². The summed E-state index contributed by atoms with van der Waals surface area (Å²) in [7, 11) is 0.542. The van der Waals surface area contributed by atoms with Crippen molar-refractivity contribution in [2.75, 3.05) is 7.11 Å². The minimum Gasteiger partial charge on any atom is -0.420 e. The molecule has 1 nitrogen and oxygen atoms in total. The first-order valence-electron chi connectivity index (χ1n) is 5.40. The number of hydrogen-bond acceptors (Lipinski definition) is 1. The summed E-state index contributed by atoms with van der Waals surface area (Å²) in [6.45, 7) is 8.29. The molecule has 2 heteroatoms. The summed E-state index contributed by atoms with van der Waals surface area (Å²) < 4.78 is 5.81. The van der Waals surface area contributed by atoms with Crippen LogP contribution in [0.2, 0.25) is 18.1 Å². The van der Waals surface area contributed by atoms with Crippen LogP contribution < -0.4 is 0 Å². The highest BCUT2D eigenvalue weighted by Gasteiger charge is 2.30. The maximum Gasteiger partial charge on any atom is 0.192 e. The molecule has 0 unspecified atom stereocenters. The third kappa shape index (κ3) is 4.63. The van der Waals surface area contributed by atoms with Crippen LogP contribution in [0.1, 0.15) is 33.1 Å². The summed E-state index contributed by atoms with van der Waals surface area (Å²) in [4.78, 5) is 0. The minimum absolute atomic E-state index is 1.13. The van der Waals surface area contributed by atoms with E-state index in [1.807, 2.05) is 13.2 Å². The first kappa shape index (κ1) is 12.9. The van der Waals surface area contributed by atoms with Crippen molar-refractivity contribution in [3.8, 4) is 0 Å². The number of hydrogen-bond donors (Lipinski definition) is 0. The van der Waals surface area contributed by atoms with Crippen molar-refractivity contribution in [1.82, 2.24) is 0 Å². The molecule has 78 valence electrons. The van der Waals surface area contributed by atoms with E-state index < -0.39 is 8.32 Å². The van der Waals surface area contributed by atoms with Gasteiger partial charge in [-0.2, -0.15) is 0 Å². The number of rotatable bonds is 8. The zero-order valence-corrected chi connectivity index (χ0v) is 10.4. The van der Waals surface area contributed by atoms with Gasteiger partial charge in [-0.25, -0.2) is 0 Å². The van der Waals surface area contributed by atoms with Crippen molar-refractivity contribution >= 4 is 8.32 Å². The lowest BCUT2D eigenvalue weighted by atomic mass is 10.5. The van der Waals surface area contributed by atoms with Crippen LogP contribution in [0, 0.1) is 0 Å². The molecular weight excluding hydrogens is 176 g/mol. The van der Waals surface area contributed by atoms with E-state index in [1.165, 1.54) is 31.0 Å². The molecule has 0 aliphatic rings. The lowest BCUT2D eigenvalue weighted by Crippen LogP contribution is -2.36. The molecule has 0 aliphatic carbocycles. The predicted octanol–water partition coefficient (Wildman–Crippen LogP) is 3.97. The van der Waals surface area contributed by atoms with E-state index in [4.69, 9.17) is 4.43 Å².